The van der Waals surface area contributed by atoms with Gasteiger partial charge in [0.15, 0.2) is 0 Å². The standard InChI is InChI=1S/C19H22N4O3S/c1-26-17-8-4-3-7-16(17)23-12-10-22(11-13-23)14-19-20-15-6-2-5-9-18(15)27(24,25)21-19/h2-9H,10-14H2,1H3,(H,20,21). The van der Waals surface area contributed by atoms with Crippen molar-refractivity contribution in [2.24, 2.45) is 4.40 Å². The Morgan fingerprint density at radius 3 is 2.52 bits per heavy atom. The lowest BCUT2D eigenvalue weighted by molar-refractivity contribution is 0.290. The van der Waals surface area contributed by atoms with E-state index in [0.717, 1.165) is 37.6 Å². The Balaban J connectivity index is 1.42. The number of nitrogens with one attached hydrogen (secondary N) is 1. The van der Waals surface area contributed by atoms with Gasteiger partial charge in [-0.05, 0) is 24.3 Å². The van der Waals surface area contributed by atoms with Crippen LogP contribution in [0.5, 0.6) is 5.75 Å². The number of benzene rings is 2. The van der Waals surface area contributed by atoms with Crippen LogP contribution in [0, 0.1) is 0 Å². The maximum Gasteiger partial charge on any atom is 0.286 e. The maximum absolute atomic E-state index is 12.4. The number of rotatable bonds is 4. The number of hydrogen-bond donors (Lipinski definition) is 1. The minimum atomic E-state index is -3.63. The van der Waals surface area contributed by atoms with Crippen LogP contribution in [-0.2, 0) is 10.0 Å². The first-order valence-corrected chi connectivity index (χ1v) is 10.3. The van der Waals surface area contributed by atoms with E-state index >= 15 is 0 Å². The smallest absolute Gasteiger partial charge is 0.286 e. The van der Waals surface area contributed by atoms with Crippen molar-refractivity contribution in [1.82, 2.24) is 4.90 Å². The van der Waals surface area contributed by atoms with Crippen LogP contribution in [0.3, 0.4) is 0 Å². The summed E-state index contributed by atoms with van der Waals surface area (Å²) >= 11 is 0. The third kappa shape index (κ3) is 3.63. The fourth-order valence-electron chi connectivity index (χ4n) is 3.49. The average molecular weight is 386 g/mol. The minimum absolute atomic E-state index is 0.231. The van der Waals surface area contributed by atoms with Crippen molar-refractivity contribution < 1.29 is 13.2 Å². The van der Waals surface area contributed by atoms with E-state index in [0.29, 0.717) is 18.1 Å². The van der Waals surface area contributed by atoms with Crippen LogP contribution in [0.2, 0.25) is 0 Å². The van der Waals surface area contributed by atoms with Crippen molar-refractivity contribution in [2.75, 3.05) is 50.1 Å². The number of anilines is 2. The molecule has 1 N–H and O–H groups in total. The van der Waals surface area contributed by atoms with Crippen LogP contribution in [0.4, 0.5) is 11.4 Å². The highest BCUT2D eigenvalue weighted by molar-refractivity contribution is 7.90. The number of methoxy groups -OCH3 is 1. The molecule has 0 bridgehead atoms. The van der Waals surface area contributed by atoms with E-state index in [1.165, 1.54) is 0 Å². The van der Waals surface area contributed by atoms with Crippen LogP contribution in [0.25, 0.3) is 0 Å². The molecule has 1 fully saturated rings. The summed E-state index contributed by atoms with van der Waals surface area (Å²) in [6, 6.07) is 14.9. The Hall–Kier alpha value is -2.58. The number of fused-ring (bicyclic) bond motifs is 1. The zero-order valence-corrected chi connectivity index (χ0v) is 15.9. The number of para-hydroxylation sites is 3. The third-order valence-corrected chi connectivity index (χ3v) is 6.22. The van der Waals surface area contributed by atoms with E-state index in [2.05, 4.69) is 25.6 Å². The molecule has 0 saturated carbocycles. The maximum atomic E-state index is 12.4. The molecule has 0 radical (unpaired) electrons. The topological polar surface area (TPSA) is 74.2 Å². The Morgan fingerprint density at radius 2 is 1.74 bits per heavy atom. The molecule has 4 rings (SSSR count). The summed E-state index contributed by atoms with van der Waals surface area (Å²) < 4.78 is 34.1. The molecule has 2 heterocycles. The van der Waals surface area contributed by atoms with Gasteiger partial charge in [-0.25, -0.2) is 0 Å². The largest absolute Gasteiger partial charge is 0.495 e. The summed E-state index contributed by atoms with van der Waals surface area (Å²) in [6.07, 6.45) is 0. The molecule has 0 aromatic heterocycles. The van der Waals surface area contributed by atoms with E-state index < -0.39 is 10.0 Å². The fourth-order valence-corrected chi connectivity index (χ4v) is 4.62. The molecule has 0 unspecified atom stereocenters. The number of sulfonamides is 1. The lowest BCUT2D eigenvalue weighted by Gasteiger charge is -2.37. The van der Waals surface area contributed by atoms with Crippen molar-refractivity contribution in [1.29, 1.82) is 0 Å². The van der Waals surface area contributed by atoms with Crippen LogP contribution in [0.1, 0.15) is 0 Å². The highest BCUT2D eigenvalue weighted by Crippen LogP contribution is 2.29. The highest BCUT2D eigenvalue weighted by atomic mass is 32.2. The van der Waals surface area contributed by atoms with Crippen molar-refractivity contribution in [3.63, 3.8) is 0 Å². The van der Waals surface area contributed by atoms with Gasteiger partial charge in [0.05, 0.1) is 25.0 Å². The molecular weight excluding hydrogens is 364 g/mol. The second-order valence-corrected chi connectivity index (χ2v) is 8.14. The normalized spacial score (nSPS) is 19.0. The number of nitrogens with zero attached hydrogens (tertiary/aromatic N) is 3. The van der Waals surface area contributed by atoms with Gasteiger partial charge in [0.1, 0.15) is 16.5 Å². The molecule has 0 spiro atoms. The third-order valence-electron chi connectivity index (χ3n) is 4.85. The van der Waals surface area contributed by atoms with Gasteiger partial charge >= 0.3 is 0 Å². The van der Waals surface area contributed by atoms with Gasteiger partial charge in [-0.3, -0.25) is 4.90 Å². The molecule has 0 aliphatic carbocycles. The first kappa shape index (κ1) is 17.8. The van der Waals surface area contributed by atoms with Gasteiger partial charge in [-0.2, -0.15) is 8.42 Å². The predicted octanol–water partition coefficient (Wildman–Crippen LogP) is 2.03. The molecule has 142 valence electrons. The molecular formula is C19H22N4O3S. The van der Waals surface area contributed by atoms with Gasteiger partial charge in [0, 0.05) is 26.2 Å². The Kier molecular flexibility index (Phi) is 4.75. The van der Waals surface area contributed by atoms with Gasteiger partial charge in [-0.15, -0.1) is 4.40 Å². The monoisotopic (exact) mass is 386 g/mol. The first-order chi connectivity index (χ1) is 13.1. The highest BCUT2D eigenvalue weighted by Gasteiger charge is 2.26. The lowest BCUT2D eigenvalue weighted by atomic mass is 10.2. The quantitative estimate of drug-likeness (QED) is 0.867. The number of ether oxygens (including phenoxy) is 1. The van der Waals surface area contributed by atoms with Gasteiger partial charge < -0.3 is 15.0 Å². The van der Waals surface area contributed by atoms with Gasteiger partial charge in [0.25, 0.3) is 10.0 Å². The van der Waals surface area contributed by atoms with Crippen LogP contribution in [0.15, 0.2) is 57.8 Å². The minimum Gasteiger partial charge on any atom is -0.495 e. The molecule has 2 aromatic rings. The Labute approximate surface area is 159 Å². The molecule has 0 atom stereocenters. The summed E-state index contributed by atoms with van der Waals surface area (Å²) in [6.45, 7) is 3.81. The van der Waals surface area contributed by atoms with E-state index in [-0.39, 0.29) is 4.90 Å². The summed E-state index contributed by atoms with van der Waals surface area (Å²) in [4.78, 5) is 4.73. The predicted molar refractivity (Wildman–Crippen MR) is 106 cm³/mol. The van der Waals surface area contributed by atoms with Crippen molar-refractivity contribution in [3.05, 3.63) is 48.5 Å². The Morgan fingerprint density at radius 1 is 1.04 bits per heavy atom. The zero-order valence-electron chi connectivity index (χ0n) is 15.1. The van der Waals surface area contributed by atoms with Crippen LogP contribution >= 0.6 is 0 Å². The van der Waals surface area contributed by atoms with Gasteiger partial charge in [0.2, 0.25) is 0 Å². The molecule has 2 aromatic carbocycles. The average Bonchev–Trinajstić information content (AvgIpc) is 2.68. The van der Waals surface area contributed by atoms with E-state index in [1.54, 1.807) is 25.3 Å². The molecule has 2 aliphatic rings. The molecule has 8 heteroatoms. The number of piperazine rings is 1. The van der Waals surface area contributed by atoms with Crippen LogP contribution < -0.4 is 15.0 Å². The molecule has 1 saturated heterocycles. The van der Waals surface area contributed by atoms with E-state index in [1.807, 2.05) is 24.3 Å². The molecule has 27 heavy (non-hydrogen) atoms. The Bertz CT molecular complexity index is 966. The summed E-state index contributed by atoms with van der Waals surface area (Å²) in [5.74, 6) is 1.34. The van der Waals surface area contributed by atoms with Crippen molar-refractivity contribution in [3.8, 4) is 5.75 Å². The summed E-state index contributed by atoms with van der Waals surface area (Å²) in [7, 11) is -1.95. The van der Waals surface area contributed by atoms with Gasteiger partial charge in [-0.1, -0.05) is 24.3 Å². The van der Waals surface area contributed by atoms with Crippen LogP contribution in [-0.4, -0.2) is 59.0 Å². The van der Waals surface area contributed by atoms with Crippen molar-refractivity contribution in [2.45, 2.75) is 4.90 Å². The number of amidine groups is 1. The second kappa shape index (κ2) is 7.21. The summed E-state index contributed by atoms with van der Waals surface area (Å²) in [5.41, 5.74) is 1.68. The van der Waals surface area contributed by atoms with E-state index in [4.69, 9.17) is 4.74 Å². The zero-order chi connectivity index (χ0) is 18.9. The summed E-state index contributed by atoms with van der Waals surface area (Å²) in [5, 5.41) is 3.16. The first-order valence-electron chi connectivity index (χ1n) is 8.87. The molecule has 0 amide bonds. The SMILES string of the molecule is COc1ccccc1N1CCN(CC2=NS(=O)(=O)c3ccccc3N2)CC1. The number of hydrogen-bond acceptors (Lipinski definition) is 6. The van der Waals surface area contributed by atoms with Crippen molar-refractivity contribution >= 4 is 27.2 Å². The van der Waals surface area contributed by atoms with E-state index in [9.17, 15) is 8.42 Å². The lowest BCUT2D eigenvalue weighted by Crippen LogP contribution is -2.49. The molecule has 2 aliphatic heterocycles. The fraction of sp³-hybridized carbons (Fsp3) is 0.316. The second-order valence-electron chi connectivity index (χ2n) is 6.57. The molecule has 7 nitrogen and oxygen atoms in total.